The number of nitrogens with zero attached hydrogens (tertiary/aromatic N) is 2. The number of aromatic nitrogens is 2. The Morgan fingerprint density at radius 1 is 1.19 bits per heavy atom. The first-order valence-corrected chi connectivity index (χ1v) is 6.29. The predicted molar refractivity (Wildman–Crippen MR) is 70.6 cm³/mol. The molecule has 110 valence electrons. The van der Waals surface area contributed by atoms with Crippen LogP contribution in [0.2, 0.25) is 0 Å². The summed E-state index contributed by atoms with van der Waals surface area (Å²) >= 11 is 0. The van der Waals surface area contributed by atoms with Gasteiger partial charge in [-0.1, -0.05) is 11.6 Å². The number of halogens is 3. The van der Waals surface area contributed by atoms with E-state index in [1.807, 2.05) is 0 Å². The van der Waals surface area contributed by atoms with Gasteiger partial charge in [0.05, 0.1) is 11.3 Å². The molecule has 0 fully saturated rings. The first kappa shape index (κ1) is 15.2. The van der Waals surface area contributed by atoms with E-state index in [1.54, 1.807) is 19.1 Å². The Bertz CT molecular complexity index is 639. The Kier molecular flexibility index (Phi) is 4.35. The summed E-state index contributed by atoms with van der Waals surface area (Å²) in [6, 6.07) is 5.28. The van der Waals surface area contributed by atoms with Crippen LogP contribution in [-0.2, 0) is 23.8 Å². The molecule has 6 heteroatoms. The van der Waals surface area contributed by atoms with Crippen LogP contribution in [0.1, 0.15) is 22.4 Å². The zero-order valence-electron chi connectivity index (χ0n) is 11.3. The van der Waals surface area contributed by atoms with Crippen molar-refractivity contribution in [3.63, 3.8) is 0 Å². The molecule has 0 bridgehead atoms. The van der Waals surface area contributed by atoms with Gasteiger partial charge in [-0.3, -0.25) is 4.79 Å². The second kappa shape index (κ2) is 6.03. The fourth-order valence-electron chi connectivity index (χ4n) is 2.04. The summed E-state index contributed by atoms with van der Waals surface area (Å²) in [5.74, 6) is -0.188. The van der Waals surface area contributed by atoms with E-state index in [9.17, 15) is 18.0 Å². The molecule has 3 nitrogen and oxygen atoms in total. The van der Waals surface area contributed by atoms with Crippen LogP contribution >= 0.6 is 0 Å². The van der Waals surface area contributed by atoms with Gasteiger partial charge < -0.3 is 0 Å². The molecule has 2 rings (SSSR count). The van der Waals surface area contributed by atoms with E-state index < -0.39 is 11.7 Å². The van der Waals surface area contributed by atoms with Crippen molar-refractivity contribution in [3.05, 3.63) is 59.2 Å². The van der Waals surface area contributed by atoms with Crippen molar-refractivity contribution in [1.29, 1.82) is 0 Å². The second-order valence-electron chi connectivity index (χ2n) is 4.80. The molecule has 1 aromatic carbocycles. The van der Waals surface area contributed by atoms with Crippen molar-refractivity contribution in [1.82, 2.24) is 9.97 Å². The number of ketones is 1. The SMILES string of the molecule is Cc1cc(CC(=O)Cc2ccncn2)cc(C(F)(F)F)c1. The molecule has 0 radical (unpaired) electrons. The van der Waals surface area contributed by atoms with Gasteiger partial charge in [-0.25, -0.2) is 9.97 Å². The Labute approximate surface area is 119 Å². The van der Waals surface area contributed by atoms with Gasteiger partial charge in [0.25, 0.3) is 0 Å². The highest BCUT2D eigenvalue weighted by Gasteiger charge is 2.30. The summed E-state index contributed by atoms with van der Waals surface area (Å²) in [4.78, 5) is 19.6. The van der Waals surface area contributed by atoms with Crippen LogP contribution < -0.4 is 0 Å². The number of alkyl halides is 3. The van der Waals surface area contributed by atoms with Crippen LogP contribution in [0.25, 0.3) is 0 Å². The molecule has 0 atom stereocenters. The summed E-state index contributed by atoms with van der Waals surface area (Å²) in [5.41, 5.74) is 0.669. The minimum Gasteiger partial charge on any atom is -0.299 e. The zero-order chi connectivity index (χ0) is 15.5. The van der Waals surface area contributed by atoms with Crippen molar-refractivity contribution < 1.29 is 18.0 Å². The molecular formula is C15H13F3N2O. The van der Waals surface area contributed by atoms with E-state index in [1.165, 1.54) is 12.5 Å². The molecule has 2 aromatic rings. The van der Waals surface area contributed by atoms with Crippen molar-refractivity contribution in [2.75, 3.05) is 0 Å². The van der Waals surface area contributed by atoms with E-state index in [-0.39, 0.29) is 18.6 Å². The van der Waals surface area contributed by atoms with Crippen LogP contribution in [0.5, 0.6) is 0 Å². The lowest BCUT2D eigenvalue weighted by Crippen LogP contribution is -2.10. The van der Waals surface area contributed by atoms with Gasteiger partial charge in [-0.05, 0) is 30.7 Å². The maximum Gasteiger partial charge on any atom is 0.416 e. The van der Waals surface area contributed by atoms with E-state index in [4.69, 9.17) is 0 Å². The lowest BCUT2D eigenvalue weighted by molar-refractivity contribution is -0.137. The number of Topliss-reactive ketones (excluding diaryl/α,β-unsaturated/α-hetero) is 1. The largest absolute Gasteiger partial charge is 0.416 e. The monoisotopic (exact) mass is 294 g/mol. The average Bonchev–Trinajstić information content (AvgIpc) is 2.37. The average molecular weight is 294 g/mol. The Morgan fingerprint density at radius 2 is 1.95 bits per heavy atom. The maximum atomic E-state index is 12.7. The molecule has 0 aliphatic carbocycles. The van der Waals surface area contributed by atoms with Gasteiger partial charge in [-0.2, -0.15) is 13.2 Å². The first-order valence-electron chi connectivity index (χ1n) is 6.29. The number of hydrogen-bond acceptors (Lipinski definition) is 3. The van der Waals surface area contributed by atoms with Gasteiger partial charge in [0, 0.05) is 19.0 Å². The summed E-state index contributed by atoms with van der Waals surface area (Å²) in [5, 5.41) is 0. The highest BCUT2D eigenvalue weighted by Crippen LogP contribution is 2.30. The van der Waals surface area contributed by atoms with Crippen molar-refractivity contribution in [2.24, 2.45) is 0 Å². The van der Waals surface area contributed by atoms with Crippen LogP contribution in [0.4, 0.5) is 13.2 Å². The lowest BCUT2D eigenvalue weighted by Gasteiger charge is -2.10. The molecule has 1 heterocycles. The summed E-state index contributed by atoms with van der Waals surface area (Å²) in [7, 11) is 0. The molecule has 0 aliphatic heterocycles. The second-order valence-corrected chi connectivity index (χ2v) is 4.80. The van der Waals surface area contributed by atoms with E-state index in [2.05, 4.69) is 9.97 Å². The number of carbonyl (C=O) groups excluding carboxylic acids is 1. The maximum absolute atomic E-state index is 12.7. The Hall–Kier alpha value is -2.24. The van der Waals surface area contributed by atoms with E-state index in [0.29, 0.717) is 16.8 Å². The quantitative estimate of drug-likeness (QED) is 0.870. The summed E-state index contributed by atoms with van der Waals surface area (Å²) in [6.45, 7) is 1.58. The van der Waals surface area contributed by atoms with Gasteiger partial charge in [0.15, 0.2) is 0 Å². The normalized spacial score (nSPS) is 11.4. The molecule has 0 spiro atoms. The third kappa shape index (κ3) is 4.37. The Balaban J connectivity index is 2.12. The minimum atomic E-state index is -4.41. The van der Waals surface area contributed by atoms with E-state index >= 15 is 0 Å². The molecule has 0 amide bonds. The third-order valence-electron chi connectivity index (χ3n) is 2.89. The number of rotatable bonds is 4. The van der Waals surface area contributed by atoms with Crippen LogP contribution in [0.3, 0.4) is 0 Å². The smallest absolute Gasteiger partial charge is 0.299 e. The van der Waals surface area contributed by atoms with Gasteiger partial charge in [0.1, 0.15) is 12.1 Å². The van der Waals surface area contributed by atoms with Crippen LogP contribution in [0, 0.1) is 6.92 Å². The van der Waals surface area contributed by atoms with Crippen LogP contribution in [-0.4, -0.2) is 15.8 Å². The molecule has 21 heavy (non-hydrogen) atoms. The number of aryl methyl sites for hydroxylation is 1. The summed E-state index contributed by atoms with van der Waals surface area (Å²) < 4.78 is 38.2. The molecule has 0 saturated heterocycles. The first-order chi connectivity index (χ1) is 9.84. The van der Waals surface area contributed by atoms with Crippen molar-refractivity contribution in [3.8, 4) is 0 Å². The molecule has 1 aromatic heterocycles. The van der Waals surface area contributed by atoms with Gasteiger partial charge in [0.2, 0.25) is 0 Å². The Morgan fingerprint density at radius 3 is 2.57 bits per heavy atom. The molecular weight excluding hydrogens is 281 g/mol. The van der Waals surface area contributed by atoms with Gasteiger partial charge >= 0.3 is 6.18 Å². The standard InChI is InChI=1S/C15H13F3N2O/c1-10-4-11(6-12(5-10)15(16,17)18)7-14(21)8-13-2-3-19-9-20-13/h2-6,9H,7-8H2,1H3. The van der Waals surface area contributed by atoms with Gasteiger partial charge in [-0.15, -0.1) is 0 Å². The predicted octanol–water partition coefficient (Wildman–Crippen LogP) is 3.16. The van der Waals surface area contributed by atoms with E-state index in [0.717, 1.165) is 12.1 Å². The fraction of sp³-hybridized carbons (Fsp3) is 0.267. The topological polar surface area (TPSA) is 42.9 Å². The molecule has 0 N–H and O–H groups in total. The molecule has 0 saturated carbocycles. The van der Waals surface area contributed by atoms with Crippen LogP contribution in [0.15, 0.2) is 36.8 Å². The third-order valence-corrected chi connectivity index (χ3v) is 2.89. The number of carbonyl (C=O) groups is 1. The number of hydrogen-bond donors (Lipinski definition) is 0. The van der Waals surface area contributed by atoms with Crippen molar-refractivity contribution in [2.45, 2.75) is 25.9 Å². The minimum absolute atomic E-state index is 0.0469. The fourth-order valence-corrected chi connectivity index (χ4v) is 2.04. The van der Waals surface area contributed by atoms with Crippen molar-refractivity contribution >= 4 is 5.78 Å². The highest BCUT2D eigenvalue weighted by atomic mass is 19.4. The molecule has 0 unspecified atom stereocenters. The molecule has 0 aliphatic rings. The number of benzene rings is 1. The summed E-state index contributed by atoms with van der Waals surface area (Å²) in [6.07, 6.45) is -1.52. The highest BCUT2D eigenvalue weighted by molar-refractivity contribution is 5.82. The lowest BCUT2D eigenvalue weighted by atomic mass is 10.0. The zero-order valence-corrected chi connectivity index (χ0v) is 11.3.